The Labute approximate surface area is 146 Å². The monoisotopic (exact) mass is 365 g/mol. The zero-order chi connectivity index (χ0) is 19.4. The van der Waals surface area contributed by atoms with Crippen molar-refractivity contribution in [1.29, 1.82) is 0 Å². The van der Waals surface area contributed by atoms with E-state index in [1.165, 1.54) is 26.3 Å². The maximum absolute atomic E-state index is 13.8. The summed E-state index contributed by atoms with van der Waals surface area (Å²) >= 11 is 0. The van der Waals surface area contributed by atoms with E-state index in [-0.39, 0.29) is 11.3 Å². The predicted molar refractivity (Wildman–Crippen MR) is 87.4 cm³/mol. The second-order valence-electron chi connectivity index (χ2n) is 5.36. The molecule has 1 unspecified atom stereocenters. The quantitative estimate of drug-likeness (QED) is 0.721. The van der Waals surface area contributed by atoms with E-state index in [9.17, 15) is 28.7 Å². The number of carbonyl (C=O) groups excluding carboxylic acids is 1. The van der Waals surface area contributed by atoms with Crippen LogP contribution < -0.4 is 21.3 Å². The van der Waals surface area contributed by atoms with E-state index in [0.29, 0.717) is 0 Å². The maximum atomic E-state index is 13.8. The molecule has 138 valence electrons. The third-order valence-electron chi connectivity index (χ3n) is 3.64. The number of aliphatic carboxylic acids is 1. The number of aromatic nitrogens is 2. The summed E-state index contributed by atoms with van der Waals surface area (Å²) in [6.45, 7) is -0.505. The average molecular weight is 365 g/mol. The smallest absolute Gasteiger partial charge is 0.331 e. The second kappa shape index (κ2) is 7.64. The molecule has 0 bridgehead atoms. The zero-order valence-electron chi connectivity index (χ0n) is 13.9. The highest BCUT2D eigenvalue weighted by molar-refractivity contribution is 5.84. The van der Waals surface area contributed by atoms with Crippen molar-refractivity contribution in [1.82, 2.24) is 14.5 Å². The van der Waals surface area contributed by atoms with Crippen LogP contribution in [0.5, 0.6) is 5.75 Å². The number of halogens is 1. The summed E-state index contributed by atoms with van der Waals surface area (Å²) in [7, 11) is 2.51. The van der Waals surface area contributed by atoms with Crippen LogP contribution in [0.3, 0.4) is 0 Å². The molecule has 0 fully saturated rings. The molecule has 0 aliphatic heterocycles. The molecule has 0 spiro atoms. The minimum absolute atomic E-state index is 0.00282. The number of ether oxygens (including phenoxy) is 1. The normalized spacial score (nSPS) is 11.7. The first-order chi connectivity index (χ1) is 12.2. The van der Waals surface area contributed by atoms with E-state index in [1.807, 2.05) is 0 Å². The number of carbonyl (C=O) groups is 2. The van der Waals surface area contributed by atoms with Crippen molar-refractivity contribution in [2.45, 2.75) is 12.6 Å². The van der Waals surface area contributed by atoms with E-state index >= 15 is 0 Å². The molecule has 0 aliphatic rings. The summed E-state index contributed by atoms with van der Waals surface area (Å²) in [5.74, 6) is -3.05. The van der Waals surface area contributed by atoms with Crippen molar-refractivity contribution < 1.29 is 23.8 Å². The van der Waals surface area contributed by atoms with Gasteiger partial charge in [0.05, 0.1) is 7.11 Å². The Balaban J connectivity index is 2.23. The van der Waals surface area contributed by atoms with Gasteiger partial charge in [0.15, 0.2) is 17.6 Å². The van der Waals surface area contributed by atoms with E-state index < -0.39 is 41.5 Å². The molecule has 2 rings (SSSR count). The predicted octanol–water partition coefficient (Wildman–Crippen LogP) is -0.363. The molecule has 0 saturated carbocycles. The van der Waals surface area contributed by atoms with Crippen molar-refractivity contribution in [3.8, 4) is 5.75 Å². The van der Waals surface area contributed by atoms with Crippen LogP contribution in [0.25, 0.3) is 0 Å². The van der Waals surface area contributed by atoms with Crippen LogP contribution in [0, 0.1) is 5.82 Å². The van der Waals surface area contributed by atoms with E-state index in [2.05, 4.69) is 5.32 Å². The number of hydrogen-bond donors (Lipinski definition) is 2. The molecule has 10 heteroatoms. The van der Waals surface area contributed by atoms with E-state index in [1.54, 1.807) is 0 Å². The van der Waals surface area contributed by atoms with Crippen molar-refractivity contribution in [2.75, 3.05) is 7.11 Å². The summed E-state index contributed by atoms with van der Waals surface area (Å²) in [6, 6.07) is 3.06. The summed E-state index contributed by atoms with van der Waals surface area (Å²) in [4.78, 5) is 46.8. The van der Waals surface area contributed by atoms with Crippen molar-refractivity contribution in [3.05, 3.63) is 62.7 Å². The first kappa shape index (κ1) is 18.9. The SMILES string of the molecule is COc1ccc(C(NC(=O)Cn2ccc(=O)n(C)c2=O)C(=O)O)cc1F. The summed E-state index contributed by atoms with van der Waals surface area (Å²) < 4.78 is 20.3. The molecule has 2 aromatic rings. The van der Waals surface area contributed by atoms with Crippen molar-refractivity contribution >= 4 is 11.9 Å². The number of methoxy groups -OCH3 is 1. The molecule has 1 atom stereocenters. The fourth-order valence-corrected chi connectivity index (χ4v) is 2.25. The van der Waals surface area contributed by atoms with Gasteiger partial charge < -0.3 is 15.2 Å². The van der Waals surface area contributed by atoms with Crippen molar-refractivity contribution in [2.24, 2.45) is 7.05 Å². The van der Waals surface area contributed by atoms with Gasteiger partial charge in [0.25, 0.3) is 5.56 Å². The molecule has 1 aromatic carbocycles. The van der Waals surface area contributed by atoms with Crippen LogP contribution in [0.15, 0.2) is 40.1 Å². The number of carboxylic acids is 1. The number of benzene rings is 1. The minimum Gasteiger partial charge on any atom is -0.494 e. The third kappa shape index (κ3) is 3.97. The van der Waals surface area contributed by atoms with Crippen LogP contribution >= 0.6 is 0 Å². The number of amides is 1. The van der Waals surface area contributed by atoms with Gasteiger partial charge in [-0.15, -0.1) is 0 Å². The molecule has 0 radical (unpaired) electrons. The van der Waals surface area contributed by atoms with Crippen molar-refractivity contribution in [3.63, 3.8) is 0 Å². The number of hydrogen-bond acceptors (Lipinski definition) is 5. The van der Waals surface area contributed by atoms with Crippen LogP contribution in [0.4, 0.5) is 4.39 Å². The molecule has 9 nitrogen and oxygen atoms in total. The van der Waals surface area contributed by atoms with Gasteiger partial charge in [0.2, 0.25) is 5.91 Å². The maximum Gasteiger partial charge on any atom is 0.331 e. The number of rotatable bonds is 6. The van der Waals surface area contributed by atoms with Gasteiger partial charge in [-0.25, -0.2) is 14.0 Å². The Kier molecular flexibility index (Phi) is 5.55. The van der Waals surface area contributed by atoms with Crippen LogP contribution in [-0.2, 0) is 23.2 Å². The summed E-state index contributed by atoms with van der Waals surface area (Å²) in [5, 5.41) is 11.5. The van der Waals surface area contributed by atoms with Crippen LogP contribution in [-0.4, -0.2) is 33.2 Å². The molecule has 0 saturated heterocycles. The van der Waals surface area contributed by atoms with Crippen LogP contribution in [0.2, 0.25) is 0 Å². The zero-order valence-corrected chi connectivity index (χ0v) is 13.9. The number of nitrogens with one attached hydrogen (secondary N) is 1. The molecule has 1 heterocycles. The van der Waals surface area contributed by atoms with Gasteiger partial charge in [-0.1, -0.05) is 6.07 Å². The average Bonchev–Trinajstić information content (AvgIpc) is 2.60. The Morgan fingerprint density at radius 3 is 2.58 bits per heavy atom. The van der Waals surface area contributed by atoms with Gasteiger partial charge >= 0.3 is 11.7 Å². The van der Waals surface area contributed by atoms with E-state index in [0.717, 1.165) is 27.5 Å². The lowest BCUT2D eigenvalue weighted by atomic mass is 10.1. The Bertz CT molecular complexity index is 965. The topological polar surface area (TPSA) is 120 Å². The fraction of sp³-hybridized carbons (Fsp3) is 0.250. The fourth-order valence-electron chi connectivity index (χ4n) is 2.25. The highest BCUT2D eigenvalue weighted by Gasteiger charge is 2.23. The van der Waals surface area contributed by atoms with Gasteiger partial charge in [0.1, 0.15) is 6.54 Å². The summed E-state index contributed by atoms with van der Waals surface area (Å²) in [6.07, 6.45) is 1.13. The lowest BCUT2D eigenvalue weighted by Crippen LogP contribution is -2.42. The Hall–Kier alpha value is -3.43. The first-order valence-electron chi connectivity index (χ1n) is 7.36. The third-order valence-corrected chi connectivity index (χ3v) is 3.64. The summed E-state index contributed by atoms with van der Waals surface area (Å²) in [5.41, 5.74) is -1.27. The molecule has 0 aliphatic carbocycles. The van der Waals surface area contributed by atoms with E-state index in [4.69, 9.17) is 4.74 Å². The lowest BCUT2D eigenvalue weighted by Gasteiger charge is -2.16. The van der Waals surface area contributed by atoms with Crippen LogP contribution in [0.1, 0.15) is 11.6 Å². The number of carboxylic acid groups (broad SMARTS) is 1. The highest BCUT2D eigenvalue weighted by Crippen LogP contribution is 2.22. The minimum atomic E-state index is -1.52. The second-order valence-corrected chi connectivity index (χ2v) is 5.36. The molecule has 2 N–H and O–H groups in total. The molecule has 26 heavy (non-hydrogen) atoms. The van der Waals surface area contributed by atoms with Gasteiger partial charge in [-0.2, -0.15) is 0 Å². The lowest BCUT2D eigenvalue weighted by molar-refractivity contribution is -0.142. The first-order valence-corrected chi connectivity index (χ1v) is 7.36. The molecular formula is C16H16FN3O6. The van der Waals surface area contributed by atoms with Gasteiger partial charge in [0, 0.05) is 19.3 Å². The molecule has 1 amide bonds. The number of nitrogens with zero attached hydrogens (tertiary/aromatic N) is 2. The van der Waals surface area contributed by atoms with Gasteiger partial charge in [-0.05, 0) is 17.7 Å². The highest BCUT2D eigenvalue weighted by atomic mass is 19.1. The Morgan fingerprint density at radius 2 is 2.00 bits per heavy atom. The molecule has 1 aromatic heterocycles. The van der Waals surface area contributed by atoms with Gasteiger partial charge in [-0.3, -0.25) is 18.7 Å². The molecular weight excluding hydrogens is 349 g/mol. The standard InChI is InChI=1S/C16H16FN3O6/c1-19-13(22)5-6-20(16(19)25)8-12(21)18-14(15(23)24)9-3-4-11(26-2)10(17)7-9/h3-7,14H,8H2,1-2H3,(H,18,21)(H,23,24). The Morgan fingerprint density at radius 1 is 1.31 bits per heavy atom. The largest absolute Gasteiger partial charge is 0.494 e.